The SMILES string of the molecule is C#CCOCCN(C)C. The fraction of sp³-hybridized carbons (Fsp3) is 0.714. The van der Waals surface area contributed by atoms with Crippen LogP contribution >= 0.6 is 0 Å². The summed E-state index contributed by atoms with van der Waals surface area (Å²) < 4.78 is 5.02. The monoisotopic (exact) mass is 127 g/mol. The van der Waals surface area contributed by atoms with Crippen LogP contribution in [0, 0.1) is 12.3 Å². The first kappa shape index (κ1) is 8.48. The van der Waals surface area contributed by atoms with Crippen LogP contribution in [0.4, 0.5) is 0 Å². The predicted octanol–water partition coefficient (Wildman–Crippen LogP) is 0.198. The summed E-state index contributed by atoms with van der Waals surface area (Å²) in [7, 11) is 4.00. The van der Waals surface area contributed by atoms with Crippen LogP contribution in [0.2, 0.25) is 0 Å². The third-order valence-corrected chi connectivity index (χ3v) is 0.868. The summed E-state index contributed by atoms with van der Waals surface area (Å²) in [5, 5.41) is 0. The van der Waals surface area contributed by atoms with E-state index >= 15 is 0 Å². The normalized spacial score (nSPS) is 9.56. The Hall–Kier alpha value is -0.520. The van der Waals surface area contributed by atoms with Gasteiger partial charge in [-0.1, -0.05) is 5.92 Å². The first-order valence-electron chi connectivity index (χ1n) is 2.93. The summed E-state index contributed by atoms with van der Waals surface area (Å²) >= 11 is 0. The number of likely N-dealkylation sites (N-methyl/N-ethyl adjacent to an activating group) is 1. The van der Waals surface area contributed by atoms with E-state index in [-0.39, 0.29) is 0 Å². The van der Waals surface area contributed by atoms with Crippen LogP contribution in [0.15, 0.2) is 0 Å². The Morgan fingerprint density at radius 1 is 1.56 bits per heavy atom. The van der Waals surface area contributed by atoms with E-state index in [1.165, 1.54) is 0 Å². The summed E-state index contributed by atoms with van der Waals surface area (Å²) in [6.45, 7) is 2.08. The highest BCUT2D eigenvalue weighted by atomic mass is 16.5. The van der Waals surface area contributed by atoms with Gasteiger partial charge >= 0.3 is 0 Å². The minimum atomic E-state index is 0.424. The van der Waals surface area contributed by atoms with Gasteiger partial charge in [0, 0.05) is 6.54 Å². The van der Waals surface area contributed by atoms with E-state index in [0.29, 0.717) is 6.61 Å². The number of nitrogens with zero attached hydrogens (tertiary/aromatic N) is 1. The Kier molecular flexibility index (Phi) is 5.29. The molecule has 0 amide bonds. The highest BCUT2D eigenvalue weighted by molar-refractivity contribution is 4.82. The minimum absolute atomic E-state index is 0.424. The van der Waals surface area contributed by atoms with Crippen molar-refractivity contribution in [2.45, 2.75) is 0 Å². The molecule has 0 bridgehead atoms. The van der Waals surface area contributed by atoms with Crippen molar-refractivity contribution in [1.82, 2.24) is 4.90 Å². The lowest BCUT2D eigenvalue weighted by molar-refractivity contribution is 0.146. The maximum absolute atomic E-state index is 5.02. The fourth-order valence-corrected chi connectivity index (χ4v) is 0.378. The molecule has 0 aliphatic carbocycles. The van der Waals surface area contributed by atoms with E-state index in [4.69, 9.17) is 11.2 Å². The minimum Gasteiger partial charge on any atom is -0.367 e. The van der Waals surface area contributed by atoms with Gasteiger partial charge in [0.1, 0.15) is 6.61 Å². The van der Waals surface area contributed by atoms with E-state index in [0.717, 1.165) is 13.2 Å². The Bertz CT molecular complexity index is 93.6. The molecule has 0 aromatic rings. The van der Waals surface area contributed by atoms with Crippen molar-refractivity contribution >= 4 is 0 Å². The average Bonchev–Trinajstić information content (AvgIpc) is 1.80. The molecule has 0 atom stereocenters. The lowest BCUT2D eigenvalue weighted by Gasteiger charge is -2.07. The summed E-state index contributed by atoms with van der Waals surface area (Å²) in [5.41, 5.74) is 0. The molecule has 0 fully saturated rings. The van der Waals surface area contributed by atoms with Gasteiger partial charge in [-0.05, 0) is 14.1 Å². The lowest BCUT2D eigenvalue weighted by Crippen LogP contribution is -2.17. The number of hydrogen-bond acceptors (Lipinski definition) is 2. The largest absolute Gasteiger partial charge is 0.367 e. The van der Waals surface area contributed by atoms with E-state index in [2.05, 4.69) is 10.8 Å². The third kappa shape index (κ3) is 7.48. The Morgan fingerprint density at radius 3 is 2.67 bits per heavy atom. The quantitative estimate of drug-likeness (QED) is 0.395. The number of rotatable bonds is 4. The summed E-state index contributed by atoms with van der Waals surface area (Å²) in [4.78, 5) is 2.05. The van der Waals surface area contributed by atoms with Gasteiger partial charge in [0.25, 0.3) is 0 Å². The van der Waals surface area contributed by atoms with Crippen LogP contribution in [-0.2, 0) is 4.74 Å². The van der Waals surface area contributed by atoms with Gasteiger partial charge in [0.05, 0.1) is 6.61 Å². The molecular weight excluding hydrogens is 114 g/mol. The zero-order valence-corrected chi connectivity index (χ0v) is 6.05. The van der Waals surface area contributed by atoms with Crippen LogP contribution in [0.25, 0.3) is 0 Å². The Balaban J connectivity index is 2.85. The first-order chi connectivity index (χ1) is 4.27. The molecule has 0 aliphatic rings. The molecule has 0 heterocycles. The molecule has 0 radical (unpaired) electrons. The molecule has 0 N–H and O–H groups in total. The molecule has 9 heavy (non-hydrogen) atoms. The second-order valence-corrected chi connectivity index (χ2v) is 2.06. The lowest BCUT2D eigenvalue weighted by atomic mass is 10.6. The van der Waals surface area contributed by atoms with Crippen LogP contribution in [0.3, 0.4) is 0 Å². The molecule has 0 unspecified atom stereocenters. The maximum Gasteiger partial charge on any atom is 0.107 e. The van der Waals surface area contributed by atoms with Crippen molar-refractivity contribution in [2.24, 2.45) is 0 Å². The van der Waals surface area contributed by atoms with Gasteiger partial charge in [-0.2, -0.15) is 0 Å². The van der Waals surface area contributed by atoms with Crippen molar-refractivity contribution in [3.63, 3.8) is 0 Å². The molecule has 0 saturated carbocycles. The van der Waals surface area contributed by atoms with Gasteiger partial charge < -0.3 is 9.64 Å². The van der Waals surface area contributed by atoms with Gasteiger partial charge in [0.15, 0.2) is 0 Å². The smallest absolute Gasteiger partial charge is 0.107 e. The van der Waals surface area contributed by atoms with Crippen LogP contribution < -0.4 is 0 Å². The zero-order valence-electron chi connectivity index (χ0n) is 6.05. The third-order valence-electron chi connectivity index (χ3n) is 0.868. The number of ether oxygens (including phenoxy) is 1. The van der Waals surface area contributed by atoms with Crippen molar-refractivity contribution in [2.75, 3.05) is 33.9 Å². The van der Waals surface area contributed by atoms with Gasteiger partial charge in [-0.25, -0.2) is 0 Å². The average molecular weight is 127 g/mol. The molecule has 0 aromatic heterocycles. The molecule has 0 aromatic carbocycles. The molecular formula is C7H13NO. The fourth-order valence-electron chi connectivity index (χ4n) is 0.378. The highest BCUT2D eigenvalue weighted by Crippen LogP contribution is 1.75. The van der Waals surface area contributed by atoms with E-state index < -0.39 is 0 Å². The Morgan fingerprint density at radius 2 is 2.22 bits per heavy atom. The maximum atomic E-state index is 5.02. The summed E-state index contributed by atoms with van der Waals surface area (Å²) in [6.07, 6.45) is 4.96. The van der Waals surface area contributed by atoms with E-state index in [9.17, 15) is 0 Å². The van der Waals surface area contributed by atoms with Crippen LogP contribution in [0.1, 0.15) is 0 Å². The molecule has 0 rings (SSSR count). The van der Waals surface area contributed by atoms with Gasteiger partial charge in [-0.15, -0.1) is 6.42 Å². The molecule has 0 saturated heterocycles. The van der Waals surface area contributed by atoms with Gasteiger partial charge in [-0.3, -0.25) is 0 Å². The topological polar surface area (TPSA) is 12.5 Å². The highest BCUT2D eigenvalue weighted by Gasteiger charge is 1.86. The number of terminal acetylenes is 1. The number of hydrogen-bond donors (Lipinski definition) is 0. The predicted molar refractivity (Wildman–Crippen MR) is 38.2 cm³/mol. The second-order valence-electron chi connectivity index (χ2n) is 2.06. The first-order valence-corrected chi connectivity index (χ1v) is 2.93. The zero-order chi connectivity index (χ0) is 7.11. The van der Waals surface area contributed by atoms with Crippen molar-refractivity contribution in [3.8, 4) is 12.3 Å². The van der Waals surface area contributed by atoms with Gasteiger partial charge in [0.2, 0.25) is 0 Å². The molecule has 0 aliphatic heterocycles. The van der Waals surface area contributed by atoms with Crippen molar-refractivity contribution in [1.29, 1.82) is 0 Å². The van der Waals surface area contributed by atoms with E-state index in [1.54, 1.807) is 0 Å². The second kappa shape index (κ2) is 5.61. The van der Waals surface area contributed by atoms with Crippen LogP contribution in [-0.4, -0.2) is 38.8 Å². The summed E-state index contributed by atoms with van der Waals surface area (Å²) in [5.74, 6) is 2.40. The molecule has 52 valence electrons. The van der Waals surface area contributed by atoms with Crippen molar-refractivity contribution in [3.05, 3.63) is 0 Å². The van der Waals surface area contributed by atoms with Crippen LogP contribution in [0.5, 0.6) is 0 Å². The molecule has 2 nitrogen and oxygen atoms in total. The Labute approximate surface area is 56.8 Å². The van der Waals surface area contributed by atoms with Crippen molar-refractivity contribution < 1.29 is 4.74 Å². The summed E-state index contributed by atoms with van der Waals surface area (Å²) in [6, 6.07) is 0. The molecule has 0 spiro atoms. The molecule has 2 heteroatoms. The standard InChI is InChI=1S/C7H13NO/c1-4-6-9-7-5-8(2)3/h1H,5-7H2,2-3H3. The van der Waals surface area contributed by atoms with E-state index in [1.807, 2.05) is 14.1 Å².